The van der Waals surface area contributed by atoms with E-state index in [2.05, 4.69) is 28.3 Å². The number of aromatic nitrogens is 2. The van der Waals surface area contributed by atoms with Crippen LogP contribution in [0.25, 0.3) is 0 Å². The van der Waals surface area contributed by atoms with Gasteiger partial charge in [-0.25, -0.2) is 4.98 Å². The first kappa shape index (κ1) is 14.8. The molecule has 3 aromatic rings. The fraction of sp³-hybridized carbons (Fsp3) is 0.111. The molecular formula is C18H18N4O. The molecule has 0 bridgehead atoms. The van der Waals surface area contributed by atoms with Crippen molar-refractivity contribution in [3.05, 3.63) is 66.5 Å². The topological polar surface area (TPSA) is 73.1 Å². The maximum Gasteiger partial charge on any atom is 0.248 e. The first-order valence-corrected chi connectivity index (χ1v) is 7.46. The van der Waals surface area contributed by atoms with Crippen molar-refractivity contribution >= 4 is 17.2 Å². The Kier molecular flexibility index (Phi) is 4.38. The number of hydrogen-bond acceptors (Lipinski definition) is 5. The van der Waals surface area contributed by atoms with E-state index in [0.717, 1.165) is 12.1 Å². The van der Waals surface area contributed by atoms with Crippen molar-refractivity contribution in [1.82, 2.24) is 9.97 Å². The van der Waals surface area contributed by atoms with Crippen LogP contribution >= 0.6 is 0 Å². The van der Waals surface area contributed by atoms with Crippen molar-refractivity contribution in [3.63, 3.8) is 0 Å². The zero-order valence-corrected chi connectivity index (χ0v) is 12.9. The van der Waals surface area contributed by atoms with Crippen LogP contribution in [0.1, 0.15) is 12.5 Å². The lowest BCUT2D eigenvalue weighted by Crippen LogP contribution is -2.04. The molecule has 1 aromatic heterocycles. The normalized spacial score (nSPS) is 10.3. The molecule has 0 aliphatic rings. The van der Waals surface area contributed by atoms with Crippen LogP contribution in [-0.2, 0) is 6.42 Å². The average molecular weight is 306 g/mol. The lowest BCUT2D eigenvalue weighted by molar-refractivity contribution is 0.464. The summed E-state index contributed by atoms with van der Waals surface area (Å²) in [5, 5.41) is 3.26. The molecule has 0 radical (unpaired) electrons. The molecule has 2 aromatic carbocycles. The largest absolute Gasteiger partial charge is 0.437 e. The highest BCUT2D eigenvalue weighted by Crippen LogP contribution is 2.31. The molecule has 1 heterocycles. The van der Waals surface area contributed by atoms with Crippen molar-refractivity contribution in [2.75, 3.05) is 11.1 Å². The molecule has 0 aliphatic heterocycles. The van der Waals surface area contributed by atoms with Gasteiger partial charge in [0, 0.05) is 5.69 Å². The second kappa shape index (κ2) is 6.79. The maximum atomic E-state index is 6.16. The van der Waals surface area contributed by atoms with Crippen LogP contribution in [0, 0.1) is 0 Å². The SMILES string of the molecule is CCc1ccccc1Nc1ncnc(Oc2ccccc2)c1N. The highest BCUT2D eigenvalue weighted by Gasteiger charge is 2.11. The summed E-state index contributed by atoms with van der Waals surface area (Å²) >= 11 is 0. The van der Waals surface area contributed by atoms with E-state index in [1.54, 1.807) is 0 Å². The van der Waals surface area contributed by atoms with Crippen LogP contribution < -0.4 is 15.8 Å². The average Bonchev–Trinajstić information content (AvgIpc) is 2.60. The molecule has 5 heteroatoms. The van der Waals surface area contributed by atoms with E-state index >= 15 is 0 Å². The molecule has 5 nitrogen and oxygen atoms in total. The summed E-state index contributed by atoms with van der Waals surface area (Å²) in [6.07, 6.45) is 2.35. The Bertz CT molecular complexity index is 790. The number of nitrogen functional groups attached to an aromatic ring is 1. The van der Waals surface area contributed by atoms with Gasteiger partial charge in [0.2, 0.25) is 5.88 Å². The van der Waals surface area contributed by atoms with Gasteiger partial charge < -0.3 is 15.8 Å². The van der Waals surface area contributed by atoms with Crippen molar-refractivity contribution in [3.8, 4) is 11.6 Å². The Morgan fingerprint density at radius 3 is 2.52 bits per heavy atom. The van der Waals surface area contributed by atoms with E-state index in [0.29, 0.717) is 23.1 Å². The molecule has 0 saturated heterocycles. The predicted octanol–water partition coefficient (Wildman–Crippen LogP) is 4.16. The second-order valence-electron chi connectivity index (χ2n) is 4.99. The molecule has 116 valence electrons. The zero-order chi connectivity index (χ0) is 16.1. The first-order chi connectivity index (χ1) is 11.3. The summed E-state index contributed by atoms with van der Waals surface area (Å²) < 4.78 is 5.73. The standard InChI is InChI=1S/C18H18N4O/c1-2-13-8-6-7-11-15(13)22-17-16(19)18(21-12-20-17)23-14-9-4-3-5-10-14/h3-12H,2,19H2,1H3,(H,20,21,22). The zero-order valence-electron chi connectivity index (χ0n) is 12.9. The number of nitrogens with zero attached hydrogens (tertiary/aromatic N) is 2. The number of para-hydroxylation sites is 2. The molecule has 3 N–H and O–H groups in total. The van der Waals surface area contributed by atoms with Gasteiger partial charge in [-0.15, -0.1) is 0 Å². The molecule has 0 unspecified atom stereocenters. The molecule has 0 atom stereocenters. The second-order valence-corrected chi connectivity index (χ2v) is 4.99. The Balaban J connectivity index is 1.88. The first-order valence-electron chi connectivity index (χ1n) is 7.46. The fourth-order valence-corrected chi connectivity index (χ4v) is 2.24. The number of nitrogens with one attached hydrogen (secondary N) is 1. The number of ether oxygens (including phenoxy) is 1. The van der Waals surface area contributed by atoms with Gasteiger partial charge in [0.1, 0.15) is 17.8 Å². The molecule has 0 fully saturated rings. The number of aryl methyl sites for hydroxylation is 1. The van der Waals surface area contributed by atoms with Crippen molar-refractivity contribution in [2.45, 2.75) is 13.3 Å². The van der Waals surface area contributed by atoms with Crippen LogP contribution in [-0.4, -0.2) is 9.97 Å². The molecule has 0 aliphatic carbocycles. The number of hydrogen-bond donors (Lipinski definition) is 2. The predicted molar refractivity (Wildman–Crippen MR) is 92.1 cm³/mol. The third kappa shape index (κ3) is 3.40. The number of benzene rings is 2. The smallest absolute Gasteiger partial charge is 0.248 e. The molecule has 0 amide bonds. The minimum absolute atomic E-state index is 0.336. The van der Waals surface area contributed by atoms with Crippen LogP contribution in [0.2, 0.25) is 0 Å². The van der Waals surface area contributed by atoms with Gasteiger partial charge in [-0.05, 0) is 30.2 Å². The Morgan fingerprint density at radius 2 is 1.74 bits per heavy atom. The van der Waals surface area contributed by atoms with Gasteiger partial charge in [-0.1, -0.05) is 43.3 Å². The third-order valence-electron chi connectivity index (χ3n) is 3.46. The van der Waals surface area contributed by atoms with Gasteiger partial charge in [0.05, 0.1) is 0 Å². The Labute approximate surface area is 135 Å². The van der Waals surface area contributed by atoms with Crippen LogP contribution in [0.4, 0.5) is 17.2 Å². The molecular weight excluding hydrogens is 288 g/mol. The fourth-order valence-electron chi connectivity index (χ4n) is 2.24. The lowest BCUT2D eigenvalue weighted by Gasteiger charge is -2.13. The van der Waals surface area contributed by atoms with E-state index in [-0.39, 0.29) is 0 Å². The highest BCUT2D eigenvalue weighted by atomic mass is 16.5. The van der Waals surface area contributed by atoms with E-state index in [4.69, 9.17) is 10.5 Å². The monoisotopic (exact) mass is 306 g/mol. The summed E-state index contributed by atoms with van der Waals surface area (Å²) in [6.45, 7) is 2.10. The minimum Gasteiger partial charge on any atom is -0.437 e. The maximum absolute atomic E-state index is 6.16. The summed E-state index contributed by atoms with van der Waals surface area (Å²) in [4.78, 5) is 8.34. The molecule has 0 spiro atoms. The number of nitrogens with two attached hydrogens (primary N) is 1. The van der Waals surface area contributed by atoms with Crippen LogP contribution in [0.5, 0.6) is 11.6 Å². The summed E-state index contributed by atoms with van der Waals surface area (Å²) in [7, 11) is 0. The number of rotatable bonds is 5. The van der Waals surface area contributed by atoms with E-state index < -0.39 is 0 Å². The van der Waals surface area contributed by atoms with Gasteiger partial charge in [-0.3, -0.25) is 0 Å². The number of anilines is 3. The van der Waals surface area contributed by atoms with Crippen molar-refractivity contribution in [2.24, 2.45) is 0 Å². The minimum atomic E-state index is 0.336. The quantitative estimate of drug-likeness (QED) is 0.740. The Morgan fingerprint density at radius 1 is 1.00 bits per heavy atom. The van der Waals surface area contributed by atoms with Crippen molar-refractivity contribution in [1.29, 1.82) is 0 Å². The van der Waals surface area contributed by atoms with Crippen LogP contribution in [0.15, 0.2) is 60.9 Å². The van der Waals surface area contributed by atoms with Gasteiger partial charge in [0.25, 0.3) is 0 Å². The van der Waals surface area contributed by atoms with E-state index in [1.165, 1.54) is 11.9 Å². The summed E-state index contributed by atoms with van der Waals surface area (Å²) in [5.74, 6) is 1.55. The van der Waals surface area contributed by atoms with Gasteiger partial charge >= 0.3 is 0 Å². The summed E-state index contributed by atoms with van der Waals surface area (Å²) in [5.41, 5.74) is 8.70. The van der Waals surface area contributed by atoms with E-state index in [1.807, 2.05) is 48.5 Å². The summed E-state index contributed by atoms with van der Waals surface area (Å²) in [6, 6.07) is 17.5. The molecule has 0 saturated carbocycles. The van der Waals surface area contributed by atoms with Gasteiger partial charge in [-0.2, -0.15) is 4.98 Å². The van der Waals surface area contributed by atoms with Crippen LogP contribution in [0.3, 0.4) is 0 Å². The van der Waals surface area contributed by atoms with Gasteiger partial charge in [0.15, 0.2) is 5.82 Å². The van der Waals surface area contributed by atoms with E-state index in [9.17, 15) is 0 Å². The molecule has 23 heavy (non-hydrogen) atoms. The lowest BCUT2D eigenvalue weighted by atomic mass is 10.1. The Hall–Kier alpha value is -3.08. The molecule has 3 rings (SSSR count). The van der Waals surface area contributed by atoms with Crippen molar-refractivity contribution < 1.29 is 4.74 Å². The highest BCUT2D eigenvalue weighted by molar-refractivity contribution is 5.73. The third-order valence-corrected chi connectivity index (χ3v) is 3.46.